The summed E-state index contributed by atoms with van der Waals surface area (Å²) in [6.45, 7) is 2.19. The van der Waals surface area contributed by atoms with Crippen molar-refractivity contribution in [3.63, 3.8) is 0 Å². The van der Waals surface area contributed by atoms with Crippen LogP contribution >= 0.6 is 0 Å². The average Bonchev–Trinajstić information content (AvgIpc) is 2.57. The maximum Gasteiger partial charge on any atom is 0.330 e. The third kappa shape index (κ3) is 18.6. The van der Waals surface area contributed by atoms with E-state index in [1.54, 1.807) is 6.08 Å². The van der Waals surface area contributed by atoms with Gasteiger partial charge in [0.15, 0.2) is 0 Å². The molecule has 0 aromatic heterocycles. The fraction of sp³-hybridized carbons (Fsp3) is 0.667. The van der Waals surface area contributed by atoms with Crippen LogP contribution in [-0.4, -0.2) is 13.1 Å². The Morgan fingerprint density at radius 1 is 0.739 bits per heavy atom. The third-order valence-electron chi connectivity index (χ3n) is 3.82. The van der Waals surface area contributed by atoms with Crippen LogP contribution in [0, 0.1) is 0 Å². The van der Waals surface area contributed by atoms with E-state index in [0.717, 1.165) is 6.42 Å². The number of carbonyl (C=O) groups is 1. The molecule has 0 aromatic rings. The Hall–Kier alpha value is -1.31. The van der Waals surface area contributed by atoms with Crippen LogP contribution < -0.4 is 0 Å². The van der Waals surface area contributed by atoms with Crippen molar-refractivity contribution < 1.29 is 9.53 Å². The number of methoxy groups -OCH3 is 1. The number of hydrogen-bond donors (Lipinski definition) is 0. The Labute approximate surface area is 143 Å². The minimum absolute atomic E-state index is 0.299. The lowest BCUT2D eigenvalue weighted by Gasteiger charge is -2.01. The molecule has 0 spiro atoms. The summed E-state index contributed by atoms with van der Waals surface area (Å²) < 4.78 is 4.52. The van der Waals surface area contributed by atoms with Gasteiger partial charge in [-0.25, -0.2) is 4.79 Å². The number of ether oxygens (including phenoxy) is 1. The molecule has 0 aliphatic heterocycles. The van der Waals surface area contributed by atoms with Crippen molar-refractivity contribution >= 4 is 5.97 Å². The monoisotopic (exact) mass is 320 g/mol. The van der Waals surface area contributed by atoms with Crippen LogP contribution in [0.4, 0.5) is 0 Å². The standard InChI is InChI=1S/C21H36O2/c1-3-4-5-6-7-8-9-10-11-12-13-14-15-16-17-18-19-20-21(22)23-2/h4-5,17-20H,3,6-16H2,1-2H3. The van der Waals surface area contributed by atoms with E-state index in [0.29, 0.717) is 0 Å². The Kier molecular flexibility index (Phi) is 17.7. The maximum absolute atomic E-state index is 10.8. The molecule has 0 saturated carbocycles. The Morgan fingerprint density at radius 2 is 1.26 bits per heavy atom. The SMILES string of the molecule is CCC=CCCCCCCCCCCCC=CC=CC(=O)OC. The van der Waals surface area contributed by atoms with Crippen molar-refractivity contribution in [2.45, 2.75) is 84.0 Å². The minimum atomic E-state index is -0.299. The minimum Gasteiger partial charge on any atom is -0.466 e. The number of carbonyl (C=O) groups excluding carboxylic acids is 1. The highest BCUT2D eigenvalue weighted by Crippen LogP contribution is 2.11. The second-order valence-corrected chi connectivity index (χ2v) is 5.95. The van der Waals surface area contributed by atoms with Gasteiger partial charge in [-0.3, -0.25) is 0 Å². The predicted molar refractivity (Wildman–Crippen MR) is 101 cm³/mol. The average molecular weight is 321 g/mol. The largest absolute Gasteiger partial charge is 0.466 e. The molecule has 23 heavy (non-hydrogen) atoms. The summed E-state index contributed by atoms with van der Waals surface area (Å²) in [5.41, 5.74) is 0. The van der Waals surface area contributed by atoms with Gasteiger partial charge in [0, 0.05) is 6.08 Å². The maximum atomic E-state index is 10.8. The molecule has 0 amide bonds. The summed E-state index contributed by atoms with van der Waals surface area (Å²) in [5, 5.41) is 0. The third-order valence-corrected chi connectivity index (χ3v) is 3.82. The van der Waals surface area contributed by atoms with Crippen LogP contribution in [0.25, 0.3) is 0 Å². The molecule has 0 N–H and O–H groups in total. The van der Waals surface area contributed by atoms with Gasteiger partial charge in [0.2, 0.25) is 0 Å². The van der Waals surface area contributed by atoms with Gasteiger partial charge in [0.1, 0.15) is 0 Å². The molecule has 0 rings (SSSR count). The molecule has 2 heteroatoms. The highest BCUT2D eigenvalue weighted by molar-refractivity contribution is 5.82. The van der Waals surface area contributed by atoms with Gasteiger partial charge in [0.05, 0.1) is 7.11 Å². The summed E-state index contributed by atoms with van der Waals surface area (Å²) >= 11 is 0. The molecular weight excluding hydrogens is 284 g/mol. The van der Waals surface area contributed by atoms with Gasteiger partial charge in [-0.2, -0.15) is 0 Å². The van der Waals surface area contributed by atoms with Crippen LogP contribution in [-0.2, 0) is 9.53 Å². The molecule has 0 aliphatic rings. The van der Waals surface area contributed by atoms with Gasteiger partial charge in [0.25, 0.3) is 0 Å². The normalized spacial score (nSPS) is 11.9. The molecule has 0 unspecified atom stereocenters. The van der Waals surface area contributed by atoms with Crippen LogP contribution in [0.1, 0.15) is 84.0 Å². The first-order valence-corrected chi connectivity index (χ1v) is 9.37. The quantitative estimate of drug-likeness (QED) is 0.113. The van der Waals surface area contributed by atoms with Crippen molar-refractivity contribution in [1.29, 1.82) is 0 Å². The van der Waals surface area contributed by atoms with Gasteiger partial charge < -0.3 is 4.74 Å². The Morgan fingerprint density at radius 3 is 1.78 bits per heavy atom. The zero-order chi connectivity index (χ0) is 17.0. The zero-order valence-electron chi connectivity index (χ0n) is 15.3. The molecule has 132 valence electrons. The summed E-state index contributed by atoms with van der Waals surface area (Å²) in [7, 11) is 1.39. The van der Waals surface area contributed by atoms with E-state index in [1.165, 1.54) is 83.8 Å². The van der Waals surface area contributed by atoms with Gasteiger partial charge in [-0.05, 0) is 32.1 Å². The molecule has 0 radical (unpaired) electrons. The first kappa shape index (κ1) is 21.7. The fourth-order valence-corrected chi connectivity index (χ4v) is 2.42. The van der Waals surface area contributed by atoms with Gasteiger partial charge in [-0.15, -0.1) is 0 Å². The highest BCUT2D eigenvalue weighted by Gasteiger charge is 1.92. The van der Waals surface area contributed by atoms with E-state index in [2.05, 4.69) is 29.9 Å². The van der Waals surface area contributed by atoms with E-state index in [4.69, 9.17) is 0 Å². The van der Waals surface area contributed by atoms with Crippen LogP contribution in [0.3, 0.4) is 0 Å². The second kappa shape index (κ2) is 18.7. The van der Waals surface area contributed by atoms with Crippen molar-refractivity contribution in [2.24, 2.45) is 0 Å². The van der Waals surface area contributed by atoms with E-state index in [1.807, 2.05) is 6.08 Å². The Balaban J connectivity index is 3.19. The number of hydrogen-bond acceptors (Lipinski definition) is 2. The van der Waals surface area contributed by atoms with Crippen molar-refractivity contribution in [1.82, 2.24) is 0 Å². The lowest BCUT2D eigenvalue weighted by molar-refractivity contribution is -0.134. The Bertz CT molecular complexity index is 340. The second-order valence-electron chi connectivity index (χ2n) is 5.95. The molecule has 0 aromatic carbocycles. The molecule has 0 saturated heterocycles. The van der Waals surface area contributed by atoms with E-state index < -0.39 is 0 Å². The highest BCUT2D eigenvalue weighted by atomic mass is 16.5. The summed E-state index contributed by atoms with van der Waals surface area (Å²) in [4.78, 5) is 10.8. The fourth-order valence-electron chi connectivity index (χ4n) is 2.42. The summed E-state index contributed by atoms with van der Waals surface area (Å²) in [6.07, 6.45) is 27.5. The molecule has 2 nitrogen and oxygen atoms in total. The van der Waals surface area contributed by atoms with Gasteiger partial charge >= 0.3 is 5.97 Å². The lowest BCUT2D eigenvalue weighted by atomic mass is 10.1. The van der Waals surface area contributed by atoms with E-state index in [-0.39, 0.29) is 5.97 Å². The molecular formula is C21H36O2. The molecule has 0 aliphatic carbocycles. The zero-order valence-corrected chi connectivity index (χ0v) is 15.3. The number of allylic oxidation sites excluding steroid dienone is 5. The summed E-state index contributed by atoms with van der Waals surface area (Å²) in [5.74, 6) is -0.299. The number of esters is 1. The first-order valence-electron chi connectivity index (χ1n) is 9.37. The first-order chi connectivity index (χ1) is 11.3. The topological polar surface area (TPSA) is 26.3 Å². The van der Waals surface area contributed by atoms with Crippen molar-refractivity contribution in [2.75, 3.05) is 7.11 Å². The van der Waals surface area contributed by atoms with Crippen LogP contribution in [0.15, 0.2) is 36.5 Å². The smallest absolute Gasteiger partial charge is 0.330 e. The number of unbranched alkanes of at least 4 members (excludes halogenated alkanes) is 10. The molecule has 0 bridgehead atoms. The van der Waals surface area contributed by atoms with Gasteiger partial charge in [-0.1, -0.05) is 82.2 Å². The van der Waals surface area contributed by atoms with Crippen molar-refractivity contribution in [3.05, 3.63) is 36.5 Å². The lowest BCUT2D eigenvalue weighted by Crippen LogP contribution is -1.92. The van der Waals surface area contributed by atoms with E-state index >= 15 is 0 Å². The van der Waals surface area contributed by atoms with Crippen LogP contribution in [0.2, 0.25) is 0 Å². The van der Waals surface area contributed by atoms with Crippen LogP contribution in [0.5, 0.6) is 0 Å². The molecule has 0 atom stereocenters. The predicted octanol–water partition coefficient (Wildman–Crippen LogP) is 6.53. The number of rotatable bonds is 15. The summed E-state index contributed by atoms with van der Waals surface area (Å²) in [6, 6.07) is 0. The van der Waals surface area contributed by atoms with Crippen molar-refractivity contribution in [3.8, 4) is 0 Å². The molecule has 0 heterocycles. The van der Waals surface area contributed by atoms with E-state index in [9.17, 15) is 4.79 Å². The molecule has 0 fully saturated rings.